The fourth-order valence-electron chi connectivity index (χ4n) is 1.80. The minimum Gasteiger partial charge on any atom is -0.368 e. The van der Waals surface area contributed by atoms with Crippen LogP contribution in [0.1, 0.15) is 18.1 Å². The highest BCUT2D eigenvalue weighted by Crippen LogP contribution is 2.34. The lowest BCUT2D eigenvalue weighted by molar-refractivity contribution is -0.138. The van der Waals surface area contributed by atoms with Crippen LogP contribution >= 0.6 is 0 Å². The van der Waals surface area contributed by atoms with Crippen molar-refractivity contribution in [3.05, 3.63) is 29.3 Å². The summed E-state index contributed by atoms with van der Waals surface area (Å²) >= 11 is 0. The molecule has 0 radical (unpaired) electrons. The van der Waals surface area contributed by atoms with Gasteiger partial charge in [0, 0.05) is 19.3 Å². The molecule has 1 aromatic rings. The van der Waals surface area contributed by atoms with Crippen LogP contribution in [0.15, 0.2) is 18.2 Å². The third-order valence-corrected chi connectivity index (χ3v) is 2.80. The van der Waals surface area contributed by atoms with E-state index >= 15 is 0 Å². The largest absolute Gasteiger partial charge is 0.416 e. The minimum absolute atomic E-state index is 0.135. The van der Waals surface area contributed by atoms with Gasteiger partial charge in [0.25, 0.3) is 0 Å². The molecule has 7 heteroatoms. The topological polar surface area (TPSA) is 58.4 Å². The van der Waals surface area contributed by atoms with Crippen molar-refractivity contribution in [1.29, 1.82) is 0 Å². The summed E-state index contributed by atoms with van der Waals surface area (Å²) in [4.78, 5) is 12.2. The SMILES string of the molecule is CCNCc1ccc(N(C)CC(N)=O)cc1C(F)(F)F. The van der Waals surface area contributed by atoms with Crippen LogP contribution in [-0.4, -0.2) is 26.0 Å². The van der Waals surface area contributed by atoms with Crippen LogP contribution in [0.25, 0.3) is 0 Å². The van der Waals surface area contributed by atoms with Gasteiger partial charge in [0.1, 0.15) is 0 Å². The lowest BCUT2D eigenvalue weighted by atomic mass is 10.1. The Morgan fingerprint density at radius 3 is 2.55 bits per heavy atom. The summed E-state index contributed by atoms with van der Waals surface area (Å²) in [5, 5.41) is 2.87. The summed E-state index contributed by atoms with van der Waals surface area (Å²) in [7, 11) is 1.52. The van der Waals surface area contributed by atoms with Crippen LogP contribution in [0.4, 0.5) is 18.9 Å². The Bertz CT molecular complexity index is 474. The maximum Gasteiger partial charge on any atom is 0.416 e. The molecule has 1 aromatic carbocycles. The van der Waals surface area contributed by atoms with E-state index in [0.717, 1.165) is 6.07 Å². The molecular weight excluding hydrogens is 271 g/mol. The molecule has 0 fully saturated rings. The minimum atomic E-state index is -4.44. The summed E-state index contributed by atoms with van der Waals surface area (Å²) in [6.07, 6.45) is -4.44. The van der Waals surface area contributed by atoms with Crippen molar-refractivity contribution in [3.8, 4) is 0 Å². The highest BCUT2D eigenvalue weighted by Gasteiger charge is 2.33. The first-order chi connectivity index (χ1) is 9.25. The lowest BCUT2D eigenvalue weighted by Gasteiger charge is -2.21. The molecule has 20 heavy (non-hydrogen) atoms. The molecule has 0 saturated heterocycles. The number of carbonyl (C=O) groups is 1. The lowest BCUT2D eigenvalue weighted by Crippen LogP contribution is -2.30. The molecule has 112 valence electrons. The Morgan fingerprint density at radius 2 is 2.05 bits per heavy atom. The zero-order valence-corrected chi connectivity index (χ0v) is 11.4. The van der Waals surface area contributed by atoms with Gasteiger partial charge in [0.15, 0.2) is 0 Å². The number of hydrogen-bond acceptors (Lipinski definition) is 3. The maximum absolute atomic E-state index is 13.0. The van der Waals surface area contributed by atoms with Crippen LogP contribution in [-0.2, 0) is 17.5 Å². The van der Waals surface area contributed by atoms with Crippen molar-refractivity contribution >= 4 is 11.6 Å². The molecular formula is C13H18F3N3O. The fraction of sp³-hybridized carbons (Fsp3) is 0.462. The first-order valence-corrected chi connectivity index (χ1v) is 6.16. The molecule has 0 spiro atoms. The number of halogens is 3. The first-order valence-electron chi connectivity index (χ1n) is 6.16. The van der Waals surface area contributed by atoms with Crippen molar-refractivity contribution in [1.82, 2.24) is 5.32 Å². The zero-order chi connectivity index (χ0) is 15.3. The van der Waals surface area contributed by atoms with Gasteiger partial charge in [-0.05, 0) is 24.2 Å². The number of rotatable bonds is 6. The average Bonchev–Trinajstić information content (AvgIpc) is 2.34. The van der Waals surface area contributed by atoms with E-state index in [1.54, 1.807) is 6.07 Å². The maximum atomic E-state index is 13.0. The number of likely N-dealkylation sites (N-methyl/N-ethyl adjacent to an activating group) is 1. The number of nitrogens with two attached hydrogens (primary N) is 1. The number of amides is 1. The summed E-state index contributed by atoms with van der Waals surface area (Å²) in [5.74, 6) is -0.599. The van der Waals surface area contributed by atoms with Gasteiger partial charge < -0.3 is 16.0 Å². The van der Waals surface area contributed by atoms with E-state index in [1.165, 1.54) is 18.0 Å². The molecule has 0 aliphatic rings. The van der Waals surface area contributed by atoms with Gasteiger partial charge in [0.2, 0.25) is 5.91 Å². The Labute approximate surface area is 115 Å². The second-order valence-electron chi connectivity index (χ2n) is 4.44. The van der Waals surface area contributed by atoms with Crippen molar-refractivity contribution < 1.29 is 18.0 Å². The van der Waals surface area contributed by atoms with Gasteiger partial charge in [-0.2, -0.15) is 13.2 Å². The molecule has 1 rings (SSSR count). The Morgan fingerprint density at radius 1 is 1.40 bits per heavy atom. The van der Waals surface area contributed by atoms with E-state index in [2.05, 4.69) is 5.32 Å². The molecule has 4 nitrogen and oxygen atoms in total. The third kappa shape index (κ3) is 4.41. The number of anilines is 1. The van der Waals surface area contributed by atoms with Gasteiger partial charge in [-0.25, -0.2) is 0 Å². The van der Waals surface area contributed by atoms with Gasteiger partial charge >= 0.3 is 6.18 Å². The van der Waals surface area contributed by atoms with Crippen LogP contribution < -0.4 is 16.0 Å². The zero-order valence-electron chi connectivity index (χ0n) is 11.4. The second-order valence-corrected chi connectivity index (χ2v) is 4.44. The number of nitrogens with one attached hydrogen (secondary N) is 1. The molecule has 0 unspecified atom stereocenters. The van der Waals surface area contributed by atoms with E-state index in [1.807, 2.05) is 6.92 Å². The predicted octanol–water partition coefficient (Wildman–Crippen LogP) is 1.74. The Balaban J connectivity index is 3.10. The molecule has 0 aliphatic heterocycles. The van der Waals surface area contributed by atoms with Gasteiger partial charge in [-0.3, -0.25) is 4.79 Å². The molecule has 0 bridgehead atoms. The number of primary amides is 1. The van der Waals surface area contributed by atoms with Crippen molar-refractivity contribution in [2.45, 2.75) is 19.6 Å². The van der Waals surface area contributed by atoms with Crippen LogP contribution in [0.3, 0.4) is 0 Å². The molecule has 0 saturated carbocycles. The van der Waals surface area contributed by atoms with Gasteiger partial charge in [-0.15, -0.1) is 0 Å². The monoisotopic (exact) mass is 289 g/mol. The number of carbonyl (C=O) groups excluding carboxylic acids is 1. The van der Waals surface area contributed by atoms with Crippen LogP contribution in [0, 0.1) is 0 Å². The smallest absolute Gasteiger partial charge is 0.368 e. The molecule has 1 amide bonds. The molecule has 0 heterocycles. The molecule has 0 atom stereocenters. The quantitative estimate of drug-likeness (QED) is 0.838. The van der Waals surface area contributed by atoms with Gasteiger partial charge in [-0.1, -0.05) is 13.0 Å². The fourth-order valence-corrected chi connectivity index (χ4v) is 1.80. The highest BCUT2D eigenvalue weighted by atomic mass is 19.4. The van der Waals surface area contributed by atoms with E-state index < -0.39 is 17.6 Å². The van der Waals surface area contributed by atoms with Crippen molar-refractivity contribution in [2.24, 2.45) is 5.73 Å². The number of benzene rings is 1. The highest BCUT2D eigenvalue weighted by molar-refractivity contribution is 5.79. The summed E-state index contributed by atoms with van der Waals surface area (Å²) in [6, 6.07) is 4.00. The van der Waals surface area contributed by atoms with Crippen LogP contribution in [0.2, 0.25) is 0 Å². The van der Waals surface area contributed by atoms with Crippen molar-refractivity contribution in [3.63, 3.8) is 0 Å². The third-order valence-electron chi connectivity index (χ3n) is 2.80. The molecule has 0 aromatic heterocycles. The summed E-state index contributed by atoms with van der Waals surface area (Å²) < 4.78 is 39.1. The predicted molar refractivity (Wildman–Crippen MR) is 71.3 cm³/mol. The average molecular weight is 289 g/mol. The second kappa shape index (κ2) is 6.60. The Kier molecular flexibility index (Phi) is 5.38. The molecule has 0 aliphatic carbocycles. The summed E-state index contributed by atoms with van der Waals surface area (Å²) in [6.45, 7) is 2.41. The molecule has 3 N–H and O–H groups in total. The van der Waals surface area contributed by atoms with Gasteiger partial charge in [0.05, 0.1) is 12.1 Å². The van der Waals surface area contributed by atoms with E-state index in [0.29, 0.717) is 12.2 Å². The van der Waals surface area contributed by atoms with E-state index in [-0.39, 0.29) is 18.7 Å². The number of alkyl halides is 3. The van der Waals surface area contributed by atoms with E-state index in [4.69, 9.17) is 5.73 Å². The van der Waals surface area contributed by atoms with Crippen molar-refractivity contribution in [2.75, 3.05) is 25.0 Å². The number of hydrogen-bond donors (Lipinski definition) is 2. The van der Waals surface area contributed by atoms with E-state index in [9.17, 15) is 18.0 Å². The normalized spacial score (nSPS) is 11.4. The Hall–Kier alpha value is -1.76. The summed E-state index contributed by atoms with van der Waals surface area (Å²) in [5.41, 5.74) is 4.81. The van der Waals surface area contributed by atoms with Crippen LogP contribution in [0.5, 0.6) is 0 Å². The standard InChI is InChI=1S/C13H18F3N3O/c1-3-18-7-9-4-5-10(19(2)8-12(17)20)6-11(9)13(14,15)16/h4-6,18H,3,7-8H2,1-2H3,(H2,17,20). The first kappa shape index (κ1) is 16.3. The number of nitrogens with zero attached hydrogens (tertiary/aromatic N) is 1.